The molecule has 0 unspecified atom stereocenters. The van der Waals surface area contributed by atoms with Crippen LogP contribution in [0.15, 0.2) is 88.2 Å². The fraction of sp³-hybridized carbons (Fsp3) is 0. The van der Waals surface area contributed by atoms with Crippen LogP contribution in [-0.4, -0.2) is 28.3 Å². The maximum Gasteiger partial charge on any atom is 0.170 e. The number of nitrogens with zero attached hydrogens (tertiary/aromatic N) is 3. The van der Waals surface area contributed by atoms with Crippen molar-refractivity contribution in [3.63, 3.8) is 0 Å². The molecule has 0 spiro atoms. The van der Waals surface area contributed by atoms with Crippen LogP contribution in [0.4, 0.5) is 5.69 Å². The summed E-state index contributed by atoms with van der Waals surface area (Å²) in [5, 5.41) is 27.4. The van der Waals surface area contributed by atoms with Crippen LogP contribution in [0.5, 0.6) is 11.5 Å². The summed E-state index contributed by atoms with van der Waals surface area (Å²) in [6.07, 6.45) is 1.67. The molecule has 0 aliphatic heterocycles. The number of ether oxygens (including phenoxy) is 1. The smallest absolute Gasteiger partial charge is 0.170 e. The van der Waals surface area contributed by atoms with E-state index in [1.807, 2.05) is 24.3 Å². The summed E-state index contributed by atoms with van der Waals surface area (Å²) >= 11 is 0. The number of hydrogen-bond donors (Lipinski definition) is 5. The first-order chi connectivity index (χ1) is 14.6. The Kier molecular flexibility index (Phi) is 6.47. The van der Waals surface area contributed by atoms with Gasteiger partial charge in [-0.2, -0.15) is 5.10 Å². The lowest BCUT2D eigenvalue weighted by atomic mass is 10.2. The topological polar surface area (TPSA) is 151 Å². The molecule has 0 saturated carbocycles. The number of nitrogens with two attached hydrogens (primary N) is 2. The zero-order chi connectivity index (χ0) is 21.3. The lowest BCUT2D eigenvalue weighted by molar-refractivity contribution is 0.318. The second-order valence-electron chi connectivity index (χ2n) is 6.11. The van der Waals surface area contributed by atoms with Crippen LogP contribution in [0.2, 0.25) is 0 Å². The van der Waals surface area contributed by atoms with Crippen LogP contribution < -0.4 is 21.6 Å². The van der Waals surface area contributed by atoms with Crippen LogP contribution in [-0.2, 0) is 0 Å². The highest BCUT2D eigenvalue weighted by atomic mass is 16.5. The maximum atomic E-state index is 8.68. The summed E-state index contributed by atoms with van der Waals surface area (Å²) in [6, 6.07) is 21.2. The Labute approximate surface area is 172 Å². The monoisotopic (exact) mass is 404 g/mol. The number of hydrazone groups is 1. The third kappa shape index (κ3) is 5.26. The first kappa shape index (κ1) is 20.2. The molecule has 7 N–H and O–H groups in total. The van der Waals surface area contributed by atoms with Crippen LogP contribution in [0, 0.1) is 0 Å². The summed E-state index contributed by atoms with van der Waals surface area (Å²) in [4.78, 5) is 0. The van der Waals surface area contributed by atoms with Gasteiger partial charge in [-0.25, -0.2) is 0 Å². The van der Waals surface area contributed by atoms with Gasteiger partial charge in [-0.3, -0.25) is 5.43 Å². The van der Waals surface area contributed by atoms with Crippen LogP contribution in [0.3, 0.4) is 0 Å². The molecule has 0 aromatic heterocycles. The molecule has 3 aromatic carbocycles. The molecule has 0 bridgehead atoms. The van der Waals surface area contributed by atoms with Crippen molar-refractivity contribution in [3.8, 4) is 11.5 Å². The molecular formula is C21H20N6O3. The van der Waals surface area contributed by atoms with E-state index in [0.29, 0.717) is 22.6 Å². The minimum atomic E-state index is 0.0397. The molecule has 0 fully saturated rings. The predicted molar refractivity (Wildman–Crippen MR) is 116 cm³/mol. The van der Waals surface area contributed by atoms with Gasteiger partial charge < -0.3 is 26.6 Å². The van der Waals surface area contributed by atoms with Crippen LogP contribution in [0.1, 0.15) is 16.7 Å². The Balaban J connectivity index is 1.56. The van der Waals surface area contributed by atoms with E-state index in [1.54, 1.807) is 54.7 Å². The van der Waals surface area contributed by atoms with Crippen LogP contribution in [0.25, 0.3) is 0 Å². The van der Waals surface area contributed by atoms with E-state index >= 15 is 0 Å². The Hall–Kier alpha value is -4.53. The largest absolute Gasteiger partial charge is 0.457 e. The Morgan fingerprint density at radius 1 is 0.733 bits per heavy atom. The van der Waals surface area contributed by atoms with Gasteiger partial charge in [0.15, 0.2) is 11.7 Å². The average molecular weight is 404 g/mol. The number of amidine groups is 2. The minimum absolute atomic E-state index is 0.0397. The first-order valence-corrected chi connectivity index (χ1v) is 8.82. The van der Waals surface area contributed by atoms with E-state index in [4.69, 9.17) is 26.6 Å². The molecule has 30 heavy (non-hydrogen) atoms. The second-order valence-corrected chi connectivity index (χ2v) is 6.11. The fourth-order valence-electron chi connectivity index (χ4n) is 2.46. The van der Waals surface area contributed by atoms with Crippen molar-refractivity contribution in [2.24, 2.45) is 26.9 Å². The zero-order valence-corrected chi connectivity index (χ0v) is 15.8. The fourth-order valence-corrected chi connectivity index (χ4v) is 2.46. The molecule has 0 saturated heterocycles. The molecule has 0 aliphatic carbocycles. The Morgan fingerprint density at radius 3 is 1.70 bits per heavy atom. The number of oxime groups is 2. The van der Waals surface area contributed by atoms with Gasteiger partial charge in [0, 0.05) is 11.1 Å². The van der Waals surface area contributed by atoms with Gasteiger partial charge in [0.2, 0.25) is 0 Å². The summed E-state index contributed by atoms with van der Waals surface area (Å²) < 4.78 is 5.77. The van der Waals surface area contributed by atoms with E-state index < -0.39 is 0 Å². The number of anilines is 1. The molecule has 0 heterocycles. The zero-order valence-electron chi connectivity index (χ0n) is 15.8. The molecule has 0 radical (unpaired) electrons. The highest BCUT2D eigenvalue weighted by Gasteiger charge is 2.02. The molecule has 9 nitrogen and oxygen atoms in total. The third-order valence-corrected chi connectivity index (χ3v) is 4.07. The van der Waals surface area contributed by atoms with Gasteiger partial charge in [0.1, 0.15) is 11.5 Å². The van der Waals surface area contributed by atoms with E-state index in [2.05, 4.69) is 20.8 Å². The molecule has 9 heteroatoms. The van der Waals surface area contributed by atoms with Crippen molar-refractivity contribution >= 4 is 23.6 Å². The first-order valence-electron chi connectivity index (χ1n) is 8.82. The van der Waals surface area contributed by atoms with Crippen molar-refractivity contribution in [1.82, 2.24) is 0 Å². The molecule has 3 aromatic rings. The lowest BCUT2D eigenvalue weighted by Crippen LogP contribution is -2.12. The molecule has 0 aliphatic rings. The van der Waals surface area contributed by atoms with Gasteiger partial charge in [-0.05, 0) is 78.4 Å². The highest BCUT2D eigenvalue weighted by molar-refractivity contribution is 5.97. The predicted octanol–water partition coefficient (Wildman–Crippen LogP) is 3.11. The number of benzene rings is 3. The van der Waals surface area contributed by atoms with E-state index in [0.717, 1.165) is 11.3 Å². The SMILES string of the molecule is N/C(=N\O)c1ccc(Oc2ccc(/C=N/Nc3ccc(/C(N)=N\O)cc3)cc2)cc1. The standard InChI is InChI=1S/C21H20N6O3/c22-20(26-28)15-3-7-17(8-4-15)25-24-13-14-1-9-18(10-2-14)30-19-11-5-16(6-12-19)21(23)27-29/h1-13,25,28-29H,(H2,22,26)(H2,23,27)/b24-13+. The van der Waals surface area contributed by atoms with Gasteiger partial charge >= 0.3 is 0 Å². The summed E-state index contributed by atoms with van der Waals surface area (Å²) in [5.74, 6) is 1.38. The number of nitrogens with one attached hydrogen (secondary N) is 1. The van der Waals surface area contributed by atoms with Crippen molar-refractivity contribution < 1.29 is 15.2 Å². The molecule has 152 valence electrons. The van der Waals surface area contributed by atoms with Crippen molar-refractivity contribution in [3.05, 3.63) is 89.5 Å². The van der Waals surface area contributed by atoms with Crippen molar-refractivity contribution in [1.29, 1.82) is 0 Å². The van der Waals surface area contributed by atoms with E-state index in [1.165, 1.54) is 0 Å². The lowest BCUT2D eigenvalue weighted by Gasteiger charge is -2.07. The minimum Gasteiger partial charge on any atom is -0.457 e. The molecule has 0 amide bonds. The summed E-state index contributed by atoms with van der Waals surface area (Å²) in [5.41, 5.74) is 16.8. The van der Waals surface area contributed by atoms with Gasteiger partial charge in [-0.1, -0.05) is 10.3 Å². The number of hydrogen-bond acceptors (Lipinski definition) is 7. The van der Waals surface area contributed by atoms with Gasteiger partial charge in [0.25, 0.3) is 0 Å². The summed E-state index contributed by atoms with van der Waals surface area (Å²) in [7, 11) is 0. The highest BCUT2D eigenvalue weighted by Crippen LogP contribution is 2.22. The summed E-state index contributed by atoms with van der Waals surface area (Å²) in [6.45, 7) is 0. The normalized spacial score (nSPS) is 12.1. The van der Waals surface area contributed by atoms with Gasteiger partial charge in [-0.15, -0.1) is 0 Å². The average Bonchev–Trinajstić information content (AvgIpc) is 2.80. The van der Waals surface area contributed by atoms with Gasteiger partial charge in [0.05, 0.1) is 11.9 Å². The molecule has 3 rings (SSSR count). The van der Waals surface area contributed by atoms with Crippen molar-refractivity contribution in [2.45, 2.75) is 0 Å². The second kappa shape index (κ2) is 9.60. The quantitative estimate of drug-likeness (QED) is 0.177. The van der Waals surface area contributed by atoms with E-state index in [-0.39, 0.29) is 11.7 Å². The Morgan fingerprint density at radius 2 is 1.20 bits per heavy atom. The maximum absolute atomic E-state index is 8.68. The third-order valence-electron chi connectivity index (χ3n) is 4.07. The van der Waals surface area contributed by atoms with Crippen molar-refractivity contribution in [2.75, 3.05) is 5.43 Å². The van der Waals surface area contributed by atoms with Crippen LogP contribution >= 0.6 is 0 Å². The Bertz CT molecular complexity index is 1060. The number of rotatable bonds is 7. The molecular weight excluding hydrogens is 384 g/mol. The van der Waals surface area contributed by atoms with E-state index in [9.17, 15) is 0 Å². The molecule has 0 atom stereocenters.